The molecule has 0 spiro atoms. The SMILES string of the molecule is CC(OCCCCC(F)(F)C(F)(F)F)OCCCCC(F)(F)C(F)(F)F. The number of ether oxygens (including phenoxy) is 2. The fourth-order valence-corrected chi connectivity index (χ4v) is 1.73. The predicted molar refractivity (Wildman–Crippen MR) is 71.1 cm³/mol. The summed E-state index contributed by atoms with van der Waals surface area (Å²) in [5.41, 5.74) is 0. The molecule has 0 aromatic carbocycles. The molecule has 0 atom stereocenters. The summed E-state index contributed by atoms with van der Waals surface area (Å²) in [7, 11) is 0. The summed E-state index contributed by atoms with van der Waals surface area (Å²) < 4.78 is 132. The second-order valence-corrected chi connectivity index (χ2v) is 5.63. The van der Waals surface area contributed by atoms with Gasteiger partial charge in [-0.2, -0.15) is 43.9 Å². The van der Waals surface area contributed by atoms with Crippen LogP contribution in [0.15, 0.2) is 0 Å². The maximum absolute atomic E-state index is 12.6. The average Bonchev–Trinajstić information content (AvgIpc) is 2.43. The lowest BCUT2D eigenvalue weighted by Gasteiger charge is -2.20. The molecule has 0 fully saturated rings. The summed E-state index contributed by atoms with van der Waals surface area (Å²) in [5, 5.41) is 0. The monoisotopic (exact) mass is 410 g/mol. The van der Waals surface area contributed by atoms with Gasteiger partial charge in [-0.3, -0.25) is 0 Å². The van der Waals surface area contributed by atoms with Crippen molar-refractivity contribution in [2.45, 2.75) is 75.9 Å². The summed E-state index contributed by atoms with van der Waals surface area (Å²) in [6.45, 7) is 1.04. The maximum Gasteiger partial charge on any atom is 0.453 e. The Morgan fingerprint density at radius 3 is 1.15 bits per heavy atom. The van der Waals surface area contributed by atoms with Crippen LogP contribution in [0.1, 0.15) is 45.4 Å². The molecule has 0 saturated heterocycles. The predicted octanol–water partition coefficient (Wildman–Crippen LogP) is 6.10. The Hall–Kier alpha value is -0.780. The molecule has 0 heterocycles. The number of halogens is 10. The molecule has 0 aliphatic carbocycles. The number of unbranched alkanes of at least 4 members (excludes halogenated alkanes) is 2. The molecule has 12 heteroatoms. The smallest absolute Gasteiger partial charge is 0.353 e. The summed E-state index contributed by atoms with van der Waals surface area (Å²) in [6, 6.07) is 0. The van der Waals surface area contributed by atoms with Crippen molar-refractivity contribution in [1.82, 2.24) is 0 Å². The summed E-state index contributed by atoms with van der Waals surface area (Å²) in [6.07, 6.45) is -15.9. The standard InChI is InChI=1S/C14H20F10O2/c1-10(25-8-4-2-6-11(15,16)13(19,20)21)26-9-5-3-7-12(17,18)14(22,23)24/h10H,2-9H2,1H3. The van der Waals surface area contributed by atoms with Gasteiger partial charge in [-0.25, -0.2) is 0 Å². The molecule has 0 aliphatic heterocycles. The van der Waals surface area contributed by atoms with E-state index in [1.807, 2.05) is 0 Å². The lowest BCUT2D eigenvalue weighted by Crippen LogP contribution is -2.36. The minimum Gasteiger partial charge on any atom is -0.353 e. The Kier molecular flexibility index (Phi) is 9.66. The number of hydrogen-bond donors (Lipinski definition) is 0. The fraction of sp³-hybridized carbons (Fsp3) is 1.00. The molecule has 0 N–H and O–H groups in total. The van der Waals surface area contributed by atoms with Crippen LogP contribution in [0.25, 0.3) is 0 Å². The van der Waals surface area contributed by atoms with Gasteiger partial charge in [0.05, 0.1) is 0 Å². The van der Waals surface area contributed by atoms with E-state index in [1.54, 1.807) is 0 Å². The third-order valence-electron chi connectivity index (χ3n) is 3.30. The van der Waals surface area contributed by atoms with Gasteiger partial charge in [-0.15, -0.1) is 0 Å². The second kappa shape index (κ2) is 9.95. The van der Waals surface area contributed by atoms with Crippen molar-refractivity contribution in [2.24, 2.45) is 0 Å². The molecule has 0 rings (SSSR count). The Labute approximate surface area is 143 Å². The van der Waals surface area contributed by atoms with Crippen LogP contribution in [0.5, 0.6) is 0 Å². The molecule has 0 bridgehead atoms. The first-order valence-corrected chi connectivity index (χ1v) is 7.72. The van der Waals surface area contributed by atoms with Crippen LogP contribution in [-0.2, 0) is 9.47 Å². The van der Waals surface area contributed by atoms with Gasteiger partial charge in [0.2, 0.25) is 0 Å². The quantitative estimate of drug-likeness (QED) is 0.220. The third kappa shape index (κ3) is 9.24. The van der Waals surface area contributed by atoms with E-state index in [4.69, 9.17) is 9.47 Å². The van der Waals surface area contributed by atoms with E-state index < -0.39 is 56.2 Å². The van der Waals surface area contributed by atoms with E-state index in [0.29, 0.717) is 0 Å². The topological polar surface area (TPSA) is 18.5 Å². The second-order valence-electron chi connectivity index (χ2n) is 5.63. The van der Waals surface area contributed by atoms with E-state index in [0.717, 1.165) is 0 Å². The molecule has 0 radical (unpaired) electrons. The highest BCUT2D eigenvalue weighted by atomic mass is 19.4. The Balaban J connectivity index is 3.75. The summed E-state index contributed by atoms with van der Waals surface area (Å²) in [4.78, 5) is 0. The van der Waals surface area contributed by atoms with Gasteiger partial charge in [0, 0.05) is 26.1 Å². The minimum atomic E-state index is -5.60. The highest BCUT2D eigenvalue weighted by Gasteiger charge is 2.57. The third-order valence-corrected chi connectivity index (χ3v) is 3.30. The average molecular weight is 410 g/mol. The minimum absolute atomic E-state index is 0.0861. The number of hydrogen-bond acceptors (Lipinski definition) is 2. The fourth-order valence-electron chi connectivity index (χ4n) is 1.73. The van der Waals surface area contributed by atoms with Crippen LogP contribution in [-0.4, -0.2) is 43.7 Å². The van der Waals surface area contributed by atoms with Crippen molar-refractivity contribution in [3.05, 3.63) is 0 Å². The molecule has 158 valence electrons. The highest BCUT2D eigenvalue weighted by molar-refractivity contribution is 4.76. The van der Waals surface area contributed by atoms with Crippen molar-refractivity contribution < 1.29 is 53.4 Å². The van der Waals surface area contributed by atoms with E-state index in [9.17, 15) is 43.9 Å². The van der Waals surface area contributed by atoms with Crippen molar-refractivity contribution in [1.29, 1.82) is 0 Å². The molecule has 0 unspecified atom stereocenters. The van der Waals surface area contributed by atoms with Gasteiger partial charge in [-0.05, 0) is 32.6 Å². The Bertz CT molecular complexity index is 356. The van der Waals surface area contributed by atoms with Gasteiger partial charge in [0.25, 0.3) is 0 Å². The molecule has 0 saturated carbocycles. The molecule has 2 nitrogen and oxygen atoms in total. The molecular weight excluding hydrogens is 390 g/mol. The van der Waals surface area contributed by atoms with E-state index in [-0.39, 0.29) is 26.1 Å². The van der Waals surface area contributed by atoms with E-state index in [1.165, 1.54) is 6.92 Å². The van der Waals surface area contributed by atoms with Gasteiger partial charge < -0.3 is 9.47 Å². The normalized spacial score (nSPS) is 14.3. The molecule has 0 aromatic rings. The first kappa shape index (κ1) is 25.2. The largest absolute Gasteiger partial charge is 0.453 e. The summed E-state index contributed by atoms with van der Waals surface area (Å²) >= 11 is 0. The van der Waals surface area contributed by atoms with E-state index in [2.05, 4.69) is 0 Å². The van der Waals surface area contributed by atoms with Crippen LogP contribution < -0.4 is 0 Å². The van der Waals surface area contributed by atoms with Crippen LogP contribution in [0.4, 0.5) is 43.9 Å². The van der Waals surface area contributed by atoms with Crippen LogP contribution >= 0.6 is 0 Å². The summed E-state index contributed by atoms with van der Waals surface area (Å²) in [5.74, 6) is -9.54. The van der Waals surface area contributed by atoms with Crippen molar-refractivity contribution in [3.8, 4) is 0 Å². The zero-order chi connectivity index (χ0) is 20.6. The lowest BCUT2D eigenvalue weighted by molar-refractivity contribution is -0.284. The molecule has 0 amide bonds. The van der Waals surface area contributed by atoms with E-state index >= 15 is 0 Å². The first-order valence-electron chi connectivity index (χ1n) is 7.72. The van der Waals surface area contributed by atoms with Crippen LogP contribution in [0.3, 0.4) is 0 Å². The van der Waals surface area contributed by atoms with Gasteiger partial charge in [0.1, 0.15) is 0 Å². The first-order chi connectivity index (χ1) is 11.6. The Morgan fingerprint density at radius 1 is 0.577 bits per heavy atom. The molecular formula is C14H20F10O2. The van der Waals surface area contributed by atoms with Gasteiger partial charge >= 0.3 is 24.2 Å². The van der Waals surface area contributed by atoms with Crippen molar-refractivity contribution in [3.63, 3.8) is 0 Å². The molecule has 0 aliphatic rings. The maximum atomic E-state index is 12.6. The number of alkyl halides is 10. The van der Waals surface area contributed by atoms with Gasteiger partial charge in [0.15, 0.2) is 6.29 Å². The highest BCUT2D eigenvalue weighted by Crippen LogP contribution is 2.39. The molecule has 26 heavy (non-hydrogen) atoms. The zero-order valence-electron chi connectivity index (χ0n) is 13.8. The number of rotatable bonds is 12. The lowest BCUT2D eigenvalue weighted by atomic mass is 10.1. The van der Waals surface area contributed by atoms with Crippen LogP contribution in [0.2, 0.25) is 0 Å². The van der Waals surface area contributed by atoms with Gasteiger partial charge in [-0.1, -0.05) is 0 Å². The van der Waals surface area contributed by atoms with Crippen molar-refractivity contribution >= 4 is 0 Å². The zero-order valence-corrected chi connectivity index (χ0v) is 13.8. The molecule has 0 aromatic heterocycles. The Morgan fingerprint density at radius 2 is 0.885 bits per heavy atom. The van der Waals surface area contributed by atoms with Crippen LogP contribution in [0, 0.1) is 0 Å². The van der Waals surface area contributed by atoms with Crippen molar-refractivity contribution in [2.75, 3.05) is 13.2 Å².